The normalized spacial score (nSPS) is 12.8. The summed E-state index contributed by atoms with van der Waals surface area (Å²) in [7, 11) is 1.59. The molecule has 2 rings (SSSR count). The molecule has 2 aromatic rings. The molecule has 0 aromatic heterocycles. The highest BCUT2D eigenvalue weighted by molar-refractivity contribution is 9.10. The molecule has 7 heteroatoms. The number of hydrogen-bond acceptors (Lipinski definition) is 5. The van der Waals surface area contributed by atoms with Gasteiger partial charge in [0.2, 0.25) is 0 Å². The van der Waals surface area contributed by atoms with Gasteiger partial charge in [0.15, 0.2) is 0 Å². The number of halogens is 1. The summed E-state index contributed by atoms with van der Waals surface area (Å²) in [4.78, 5) is 12.2. The lowest BCUT2D eigenvalue weighted by Crippen LogP contribution is -2.39. The summed E-state index contributed by atoms with van der Waals surface area (Å²) < 4.78 is 6.32. The second-order valence-electron chi connectivity index (χ2n) is 5.46. The van der Waals surface area contributed by atoms with Crippen molar-refractivity contribution >= 4 is 27.7 Å². The molecule has 0 aliphatic rings. The van der Waals surface area contributed by atoms with Crippen LogP contribution in [0.5, 0.6) is 0 Å². The maximum Gasteiger partial charge on any atom is 0.413 e. The Kier molecular flexibility index (Phi) is 6.44. The average molecular weight is 405 g/mol. The van der Waals surface area contributed by atoms with E-state index in [2.05, 4.69) is 21.2 Å². The first-order chi connectivity index (χ1) is 11.9. The molecule has 0 radical (unpaired) electrons. The Labute approximate surface area is 155 Å². The average Bonchev–Trinajstić information content (AvgIpc) is 2.60. The molecule has 0 spiro atoms. The van der Waals surface area contributed by atoms with E-state index in [1.165, 1.54) is 5.01 Å². The number of amides is 1. The van der Waals surface area contributed by atoms with Gasteiger partial charge in [-0.2, -0.15) is 0 Å². The van der Waals surface area contributed by atoms with Gasteiger partial charge in [0, 0.05) is 17.1 Å². The molecule has 1 atom stereocenters. The molecule has 0 saturated heterocycles. The second-order valence-corrected chi connectivity index (χ2v) is 6.38. The Balaban J connectivity index is 2.14. The van der Waals surface area contributed by atoms with Crippen molar-refractivity contribution in [2.24, 2.45) is 11.6 Å². The van der Waals surface area contributed by atoms with E-state index in [0.29, 0.717) is 5.70 Å². The Morgan fingerprint density at radius 2 is 1.76 bits per heavy atom. The Bertz CT molecular complexity index is 745. The summed E-state index contributed by atoms with van der Waals surface area (Å²) in [6, 6.07) is 16.8. The van der Waals surface area contributed by atoms with E-state index in [-0.39, 0.29) is 5.82 Å². The Morgan fingerprint density at radius 3 is 2.32 bits per heavy atom. The number of ether oxygens (including phenoxy) is 1. The van der Waals surface area contributed by atoms with Gasteiger partial charge in [-0.05, 0) is 24.6 Å². The smallest absolute Gasteiger partial charge is 0.413 e. The summed E-state index contributed by atoms with van der Waals surface area (Å²) in [5.74, 6) is 6.07. The van der Waals surface area contributed by atoms with Gasteiger partial charge in [0.25, 0.3) is 0 Å². The van der Waals surface area contributed by atoms with Gasteiger partial charge in [-0.15, -0.1) is 0 Å². The number of nitrogens with one attached hydrogen (secondary N) is 1. The van der Waals surface area contributed by atoms with E-state index < -0.39 is 12.2 Å². The molecular weight excluding hydrogens is 384 g/mol. The second kappa shape index (κ2) is 8.55. The molecule has 0 aliphatic heterocycles. The van der Waals surface area contributed by atoms with Crippen LogP contribution >= 0.6 is 15.9 Å². The van der Waals surface area contributed by atoms with E-state index in [0.717, 1.165) is 15.6 Å². The van der Waals surface area contributed by atoms with Crippen LogP contribution in [-0.4, -0.2) is 18.1 Å². The van der Waals surface area contributed by atoms with Gasteiger partial charge in [-0.25, -0.2) is 10.6 Å². The van der Waals surface area contributed by atoms with Crippen LogP contribution in [0, 0.1) is 0 Å². The third kappa shape index (κ3) is 5.23. The van der Waals surface area contributed by atoms with Crippen molar-refractivity contribution in [1.29, 1.82) is 0 Å². The first kappa shape index (κ1) is 18.8. The first-order valence-electron chi connectivity index (χ1n) is 7.65. The van der Waals surface area contributed by atoms with Gasteiger partial charge in [0.05, 0.1) is 5.70 Å². The molecule has 1 amide bonds. The quantitative estimate of drug-likeness (QED) is 0.524. The molecule has 0 heterocycles. The topological polar surface area (TPSA) is 93.6 Å². The van der Waals surface area contributed by atoms with Crippen LogP contribution < -0.4 is 16.9 Å². The molecule has 0 saturated carbocycles. The van der Waals surface area contributed by atoms with E-state index in [9.17, 15) is 4.79 Å². The van der Waals surface area contributed by atoms with Crippen molar-refractivity contribution < 1.29 is 9.53 Å². The van der Waals surface area contributed by atoms with E-state index >= 15 is 0 Å². The van der Waals surface area contributed by atoms with Crippen LogP contribution in [0.3, 0.4) is 0 Å². The fraction of sp³-hybridized carbons (Fsp3) is 0.167. The van der Waals surface area contributed by atoms with Crippen LogP contribution in [0.25, 0.3) is 5.70 Å². The Morgan fingerprint density at radius 1 is 1.16 bits per heavy atom. The lowest BCUT2D eigenvalue weighted by Gasteiger charge is -2.21. The van der Waals surface area contributed by atoms with Crippen molar-refractivity contribution in [2.45, 2.75) is 13.0 Å². The minimum Gasteiger partial charge on any atom is -0.441 e. The number of carbonyl (C=O) groups is 1. The predicted molar refractivity (Wildman–Crippen MR) is 102 cm³/mol. The van der Waals surface area contributed by atoms with Gasteiger partial charge < -0.3 is 10.5 Å². The molecule has 0 unspecified atom stereocenters. The summed E-state index contributed by atoms with van der Waals surface area (Å²) in [5.41, 5.74) is 8.11. The number of hydrogen-bond donors (Lipinski definition) is 3. The number of alkyl carbamates (subject to hydrolysis) is 1. The van der Waals surface area contributed by atoms with Crippen molar-refractivity contribution in [3.63, 3.8) is 0 Å². The van der Waals surface area contributed by atoms with E-state index in [4.69, 9.17) is 16.3 Å². The zero-order valence-electron chi connectivity index (χ0n) is 14.1. The first-order valence-corrected chi connectivity index (χ1v) is 8.44. The number of nitrogens with two attached hydrogens (primary N) is 2. The van der Waals surface area contributed by atoms with Crippen molar-refractivity contribution in [1.82, 2.24) is 10.3 Å². The van der Waals surface area contributed by atoms with Crippen molar-refractivity contribution in [3.05, 3.63) is 76.0 Å². The number of benzene rings is 2. The summed E-state index contributed by atoms with van der Waals surface area (Å²) in [5, 5.41) is 3.85. The zero-order chi connectivity index (χ0) is 18.4. The van der Waals surface area contributed by atoms with Crippen LogP contribution in [0.2, 0.25) is 0 Å². The molecule has 0 bridgehead atoms. The van der Waals surface area contributed by atoms with Gasteiger partial charge >= 0.3 is 6.09 Å². The standard InChI is InChI=1S/C18H21BrN4O2/c1-12(13-6-4-3-5-7-13)25-18(24)22-17(23(2)21)16(20)14-8-10-15(19)11-9-14/h3-12H,20-21H2,1-2H3,(H,22,24)/b17-16-/t12-/m1/s1. The summed E-state index contributed by atoms with van der Waals surface area (Å²) >= 11 is 3.37. The van der Waals surface area contributed by atoms with Crippen LogP contribution in [0.1, 0.15) is 24.2 Å². The maximum absolute atomic E-state index is 12.2. The third-order valence-electron chi connectivity index (χ3n) is 3.54. The predicted octanol–water partition coefficient (Wildman–Crippen LogP) is 3.33. The number of rotatable bonds is 5. The summed E-state index contributed by atoms with van der Waals surface area (Å²) in [6.45, 7) is 1.79. The fourth-order valence-corrected chi connectivity index (χ4v) is 2.45. The third-order valence-corrected chi connectivity index (χ3v) is 4.06. The van der Waals surface area contributed by atoms with Gasteiger partial charge in [0.1, 0.15) is 11.9 Å². The molecule has 5 N–H and O–H groups in total. The fourth-order valence-electron chi connectivity index (χ4n) is 2.19. The lowest BCUT2D eigenvalue weighted by molar-refractivity contribution is 0.107. The highest BCUT2D eigenvalue weighted by atomic mass is 79.9. The molecule has 0 aliphatic carbocycles. The molecule has 132 valence electrons. The molecule has 25 heavy (non-hydrogen) atoms. The Hall–Kier alpha value is -2.51. The van der Waals surface area contributed by atoms with Crippen LogP contribution in [0.15, 0.2) is 64.9 Å². The van der Waals surface area contributed by atoms with Crippen molar-refractivity contribution in [2.75, 3.05) is 7.05 Å². The molecular formula is C18H21BrN4O2. The number of nitrogens with zero attached hydrogens (tertiary/aromatic N) is 1. The SMILES string of the molecule is C[C@@H](OC(=O)N/C(=C(/N)c1ccc(Br)cc1)N(C)N)c1ccccc1. The maximum atomic E-state index is 12.2. The highest BCUT2D eigenvalue weighted by Gasteiger charge is 2.16. The van der Waals surface area contributed by atoms with Crippen LogP contribution in [-0.2, 0) is 4.74 Å². The van der Waals surface area contributed by atoms with Crippen LogP contribution in [0.4, 0.5) is 4.79 Å². The van der Waals surface area contributed by atoms with Crippen molar-refractivity contribution in [3.8, 4) is 0 Å². The minimum absolute atomic E-state index is 0.257. The number of hydrazine groups is 1. The highest BCUT2D eigenvalue weighted by Crippen LogP contribution is 2.19. The lowest BCUT2D eigenvalue weighted by atomic mass is 10.1. The van der Waals surface area contributed by atoms with Gasteiger partial charge in [-0.3, -0.25) is 10.3 Å². The zero-order valence-corrected chi connectivity index (χ0v) is 15.7. The number of carbonyl (C=O) groups excluding carboxylic acids is 1. The van der Waals surface area contributed by atoms with Gasteiger partial charge in [-0.1, -0.05) is 58.4 Å². The molecule has 0 fully saturated rings. The monoisotopic (exact) mass is 404 g/mol. The van der Waals surface area contributed by atoms with E-state index in [1.807, 2.05) is 54.6 Å². The summed E-state index contributed by atoms with van der Waals surface area (Å²) in [6.07, 6.45) is -1.04. The van der Waals surface area contributed by atoms with E-state index in [1.54, 1.807) is 14.0 Å². The molecule has 2 aromatic carbocycles. The largest absolute Gasteiger partial charge is 0.441 e. The molecule has 6 nitrogen and oxygen atoms in total. The minimum atomic E-state index is -0.635.